The van der Waals surface area contributed by atoms with Gasteiger partial charge in [-0.3, -0.25) is 25.2 Å². The van der Waals surface area contributed by atoms with Crippen molar-refractivity contribution < 1.29 is 18.8 Å². The van der Waals surface area contributed by atoms with E-state index in [0.29, 0.717) is 5.56 Å². The Balaban J connectivity index is 1.48. The summed E-state index contributed by atoms with van der Waals surface area (Å²) in [6.07, 6.45) is 4.33. The van der Waals surface area contributed by atoms with E-state index in [0.717, 1.165) is 25.3 Å². The molecule has 2 N–H and O–H groups in total. The Bertz CT molecular complexity index is 879. The van der Waals surface area contributed by atoms with E-state index < -0.39 is 17.6 Å². The molecule has 5 nitrogen and oxygen atoms in total. The van der Waals surface area contributed by atoms with Crippen molar-refractivity contribution in [1.82, 2.24) is 10.9 Å². The van der Waals surface area contributed by atoms with Crippen LogP contribution in [0.5, 0.6) is 0 Å². The van der Waals surface area contributed by atoms with Crippen molar-refractivity contribution in [3.8, 4) is 0 Å². The van der Waals surface area contributed by atoms with Crippen molar-refractivity contribution in [2.45, 2.75) is 38.5 Å². The van der Waals surface area contributed by atoms with Gasteiger partial charge in [0.2, 0.25) is 5.91 Å². The number of aryl methyl sites for hydroxylation is 2. The highest BCUT2D eigenvalue weighted by Crippen LogP contribution is 2.22. The molecule has 0 aliphatic heterocycles. The lowest BCUT2D eigenvalue weighted by Gasteiger charge is -2.16. The van der Waals surface area contributed by atoms with Gasteiger partial charge < -0.3 is 0 Å². The molecule has 0 bridgehead atoms. The number of hydrogen-bond acceptors (Lipinski definition) is 3. The number of carbonyl (C=O) groups is 3. The first-order valence-corrected chi connectivity index (χ1v) is 9.03. The summed E-state index contributed by atoms with van der Waals surface area (Å²) in [6.45, 7) is 0. The van der Waals surface area contributed by atoms with Crippen LogP contribution in [0.15, 0.2) is 42.5 Å². The SMILES string of the molecule is O=C(CCC(=O)c1ccc2c(c1)CCCC2)NNC(=O)c1ccccc1F. The molecule has 0 aromatic heterocycles. The van der Waals surface area contributed by atoms with E-state index in [9.17, 15) is 18.8 Å². The Morgan fingerprint density at radius 3 is 2.41 bits per heavy atom. The van der Waals surface area contributed by atoms with Gasteiger partial charge >= 0.3 is 0 Å². The molecule has 0 heterocycles. The molecule has 0 atom stereocenters. The first-order valence-electron chi connectivity index (χ1n) is 9.03. The Morgan fingerprint density at radius 2 is 1.63 bits per heavy atom. The summed E-state index contributed by atoms with van der Waals surface area (Å²) in [6, 6.07) is 11.2. The average molecular weight is 368 g/mol. The minimum atomic E-state index is -0.748. The zero-order valence-electron chi connectivity index (χ0n) is 14.9. The number of amides is 2. The molecule has 0 saturated heterocycles. The quantitative estimate of drug-likeness (QED) is 0.629. The summed E-state index contributed by atoms with van der Waals surface area (Å²) >= 11 is 0. The second kappa shape index (κ2) is 8.58. The van der Waals surface area contributed by atoms with E-state index in [1.54, 1.807) is 0 Å². The maximum Gasteiger partial charge on any atom is 0.272 e. The molecule has 0 spiro atoms. The second-order valence-corrected chi connectivity index (χ2v) is 6.60. The number of fused-ring (bicyclic) bond motifs is 1. The summed E-state index contributed by atoms with van der Waals surface area (Å²) in [5.74, 6) is -2.04. The van der Waals surface area contributed by atoms with Gasteiger partial charge in [-0.1, -0.05) is 24.3 Å². The van der Waals surface area contributed by atoms with Crippen LogP contribution in [0.1, 0.15) is 57.5 Å². The third-order valence-corrected chi connectivity index (χ3v) is 4.68. The minimum Gasteiger partial charge on any atom is -0.294 e. The van der Waals surface area contributed by atoms with E-state index in [-0.39, 0.29) is 24.2 Å². The van der Waals surface area contributed by atoms with Gasteiger partial charge in [0.1, 0.15) is 5.82 Å². The Kier molecular flexibility index (Phi) is 5.96. The van der Waals surface area contributed by atoms with Crippen LogP contribution in [0.25, 0.3) is 0 Å². The van der Waals surface area contributed by atoms with Gasteiger partial charge in [-0.15, -0.1) is 0 Å². The van der Waals surface area contributed by atoms with Crippen LogP contribution < -0.4 is 10.9 Å². The Labute approximate surface area is 156 Å². The van der Waals surface area contributed by atoms with Crippen molar-refractivity contribution in [1.29, 1.82) is 0 Å². The minimum absolute atomic E-state index is 0.0419. The second-order valence-electron chi connectivity index (χ2n) is 6.60. The number of nitrogens with one attached hydrogen (secondary N) is 2. The topological polar surface area (TPSA) is 75.3 Å². The maximum absolute atomic E-state index is 13.5. The van der Waals surface area contributed by atoms with E-state index in [2.05, 4.69) is 10.9 Å². The monoisotopic (exact) mass is 368 g/mol. The van der Waals surface area contributed by atoms with Gasteiger partial charge in [-0.2, -0.15) is 0 Å². The van der Waals surface area contributed by atoms with Crippen LogP contribution in [0.2, 0.25) is 0 Å². The number of rotatable bonds is 5. The molecule has 27 heavy (non-hydrogen) atoms. The van der Waals surface area contributed by atoms with Crippen molar-refractivity contribution >= 4 is 17.6 Å². The zero-order valence-corrected chi connectivity index (χ0v) is 14.9. The van der Waals surface area contributed by atoms with Crippen LogP contribution in [-0.4, -0.2) is 17.6 Å². The van der Waals surface area contributed by atoms with E-state index in [1.807, 2.05) is 18.2 Å². The van der Waals surface area contributed by atoms with E-state index in [4.69, 9.17) is 0 Å². The van der Waals surface area contributed by atoms with Crippen molar-refractivity contribution in [2.24, 2.45) is 0 Å². The first-order chi connectivity index (χ1) is 13.0. The van der Waals surface area contributed by atoms with Crippen LogP contribution >= 0.6 is 0 Å². The summed E-state index contributed by atoms with van der Waals surface area (Å²) in [7, 11) is 0. The van der Waals surface area contributed by atoms with E-state index >= 15 is 0 Å². The fourth-order valence-corrected chi connectivity index (χ4v) is 3.18. The van der Waals surface area contributed by atoms with Crippen LogP contribution in [0.3, 0.4) is 0 Å². The van der Waals surface area contributed by atoms with Crippen molar-refractivity contribution in [2.75, 3.05) is 0 Å². The average Bonchev–Trinajstić information content (AvgIpc) is 2.70. The molecule has 0 fully saturated rings. The fraction of sp³-hybridized carbons (Fsp3) is 0.286. The zero-order chi connectivity index (χ0) is 19.2. The molecule has 3 rings (SSSR count). The summed E-state index contributed by atoms with van der Waals surface area (Å²) in [5, 5.41) is 0. The number of benzene rings is 2. The molecular formula is C21H21FN2O3. The molecular weight excluding hydrogens is 347 g/mol. The number of hydrogen-bond donors (Lipinski definition) is 2. The van der Waals surface area contributed by atoms with Crippen molar-refractivity contribution in [3.05, 3.63) is 70.5 Å². The third kappa shape index (κ3) is 4.78. The highest BCUT2D eigenvalue weighted by atomic mass is 19.1. The summed E-state index contributed by atoms with van der Waals surface area (Å²) in [4.78, 5) is 36.0. The summed E-state index contributed by atoms with van der Waals surface area (Å²) < 4.78 is 13.5. The van der Waals surface area contributed by atoms with Gasteiger partial charge in [-0.05, 0) is 55.0 Å². The molecule has 140 valence electrons. The third-order valence-electron chi connectivity index (χ3n) is 4.68. The standard InChI is InChI=1S/C21H21FN2O3/c22-18-8-4-3-7-17(18)21(27)24-23-20(26)12-11-19(25)16-10-9-14-5-1-2-6-15(14)13-16/h3-4,7-10,13H,1-2,5-6,11-12H2,(H,23,26)(H,24,27). The first kappa shape index (κ1) is 18.8. The van der Waals surface area contributed by atoms with Crippen molar-refractivity contribution in [3.63, 3.8) is 0 Å². The van der Waals surface area contributed by atoms with Gasteiger partial charge in [0, 0.05) is 18.4 Å². The smallest absolute Gasteiger partial charge is 0.272 e. The largest absolute Gasteiger partial charge is 0.294 e. The summed E-state index contributed by atoms with van der Waals surface area (Å²) in [5.41, 5.74) is 7.32. The molecule has 2 aromatic rings. The Hall–Kier alpha value is -3.02. The molecule has 0 radical (unpaired) electrons. The lowest BCUT2D eigenvalue weighted by atomic mass is 9.89. The van der Waals surface area contributed by atoms with Gasteiger partial charge in [-0.25, -0.2) is 4.39 Å². The van der Waals surface area contributed by atoms with Gasteiger partial charge in [0.25, 0.3) is 5.91 Å². The number of ketones is 1. The van der Waals surface area contributed by atoms with Gasteiger partial charge in [0.15, 0.2) is 5.78 Å². The molecule has 1 aliphatic rings. The van der Waals surface area contributed by atoms with E-state index in [1.165, 1.54) is 35.7 Å². The number of Topliss-reactive ketones (excluding diaryl/α,β-unsaturated/α-hetero) is 1. The number of carbonyl (C=O) groups excluding carboxylic acids is 3. The highest BCUT2D eigenvalue weighted by Gasteiger charge is 2.15. The molecule has 6 heteroatoms. The lowest BCUT2D eigenvalue weighted by Crippen LogP contribution is -2.42. The van der Waals surface area contributed by atoms with Crippen LogP contribution in [0.4, 0.5) is 4.39 Å². The lowest BCUT2D eigenvalue weighted by molar-refractivity contribution is -0.121. The predicted octanol–water partition coefficient (Wildman–Crippen LogP) is 3.13. The Morgan fingerprint density at radius 1 is 0.889 bits per heavy atom. The molecule has 0 unspecified atom stereocenters. The molecule has 2 amide bonds. The van der Waals surface area contributed by atoms with Crippen LogP contribution in [-0.2, 0) is 17.6 Å². The molecule has 0 saturated carbocycles. The molecule has 2 aromatic carbocycles. The maximum atomic E-state index is 13.5. The highest BCUT2D eigenvalue weighted by molar-refractivity contribution is 5.99. The fourth-order valence-electron chi connectivity index (χ4n) is 3.18. The number of halogens is 1. The normalized spacial score (nSPS) is 12.8. The van der Waals surface area contributed by atoms with Gasteiger partial charge in [0.05, 0.1) is 5.56 Å². The number of hydrazine groups is 1. The van der Waals surface area contributed by atoms with Crippen LogP contribution in [0, 0.1) is 5.82 Å². The predicted molar refractivity (Wildman–Crippen MR) is 98.7 cm³/mol. The molecule has 1 aliphatic carbocycles.